The molecule has 0 saturated heterocycles. The Hall–Kier alpha value is -2.19. The molecule has 0 aliphatic rings. The third-order valence-electron chi connectivity index (χ3n) is 3.44. The summed E-state index contributed by atoms with van der Waals surface area (Å²) in [5.74, 6) is 0. The van der Waals surface area contributed by atoms with Gasteiger partial charge in [-0.15, -0.1) is 0 Å². The fourth-order valence-corrected chi connectivity index (χ4v) is 2.45. The van der Waals surface area contributed by atoms with E-state index >= 15 is 0 Å². The van der Waals surface area contributed by atoms with Crippen molar-refractivity contribution < 1.29 is 0 Å². The van der Waals surface area contributed by atoms with Crippen LogP contribution in [0.5, 0.6) is 0 Å². The molecular formula is C17H16N2. The summed E-state index contributed by atoms with van der Waals surface area (Å²) in [5, 5.41) is 2.38. The maximum atomic E-state index is 5.86. The van der Waals surface area contributed by atoms with Gasteiger partial charge >= 0.3 is 0 Å². The predicted octanol–water partition coefficient (Wildman–Crippen LogP) is 3.67. The summed E-state index contributed by atoms with van der Waals surface area (Å²) in [7, 11) is 0. The van der Waals surface area contributed by atoms with Crippen molar-refractivity contribution in [1.82, 2.24) is 4.98 Å². The van der Waals surface area contributed by atoms with Crippen LogP contribution in [0.15, 0.2) is 54.9 Å². The van der Waals surface area contributed by atoms with E-state index in [4.69, 9.17) is 5.73 Å². The van der Waals surface area contributed by atoms with Crippen molar-refractivity contribution in [3.05, 3.63) is 66.0 Å². The molecule has 0 saturated carbocycles. The van der Waals surface area contributed by atoms with Gasteiger partial charge in [-0.25, -0.2) is 0 Å². The molecule has 3 aromatic rings. The van der Waals surface area contributed by atoms with Gasteiger partial charge in [-0.3, -0.25) is 4.98 Å². The van der Waals surface area contributed by atoms with E-state index in [1.807, 2.05) is 18.5 Å². The van der Waals surface area contributed by atoms with Crippen LogP contribution in [0, 0.1) is 6.92 Å². The zero-order chi connectivity index (χ0) is 13.2. The van der Waals surface area contributed by atoms with Crippen LogP contribution < -0.4 is 5.73 Å². The van der Waals surface area contributed by atoms with E-state index < -0.39 is 0 Å². The van der Waals surface area contributed by atoms with Gasteiger partial charge in [-0.2, -0.15) is 0 Å². The summed E-state index contributed by atoms with van der Waals surface area (Å²) in [4.78, 5) is 4.35. The molecule has 1 aromatic heterocycles. The number of pyridine rings is 1. The van der Waals surface area contributed by atoms with E-state index in [0.29, 0.717) is 6.54 Å². The molecule has 0 fully saturated rings. The van der Waals surface area contributed by atoms with E-state index in [-0.39, 0.29) is 0 Å². The lowest BCUT2D eigenvalue weighted by molar-refractivity contribution is 1.07. The largest absolute Gasteiger partial charge is 0.326 e. The lowest BCUT2D eigenvalue weighted by Gasteiger charge is -2.11. The summed E-state index contributed by atoms with van der Waals surface area (Å²) in [6.07, 6.45) is 3.83. The minimum atomic E-state index is 0.541. The monoisotopic (exact) mass is 248 g/mol. The molecule has 0 radical (unpaired) electrons. The van der Waals surface area contributed by atoms with Crippen molar-refractivity contribution in [2.45, 2.75) is 13.5 Å². The van der Waals surface area contributed by atoms with Crippen LogP contribution in [0.25, 0.3) is 21.9 Å². The van der Waals surface area contributed by atoms with Gasteiger partial charge in [-0.05, 0) is 23.4 Å². The van der Waals surface area contributed by atoms with Gasteiger partial charge < -0.3 is 5.73 Å². The molecule has 19 heavy (non-hydrogen) atoms. The maximum Gasteiger partial charge on any atom is 0.0352 e. The molecule has 0 atom stereocenters. The number of aromatic nitrogens is 1. The molecular weight excluding hydrogens is 232 g/mol. The molecule has 0 amide bonds. The van der Waals surface area contributed by atoms with Gasteiger partial charge in [0.05, 0.1) is 0 Å². The summed E-state index contributed by atoms with van der Waals surface area (Å²) < 4.78 is 0. The number of nitrogens with zero attached hydrogens (tertiary/aromatic N) is 1. The first kappa shape index (κ1) is 11.9. The van der Waals surface area contributed by atoms with Crippen molar-refractivity contribution in [2.75, 3.05) is 0 Å². The van der Waals surface area contributed by atoms with Gasteiger partial charge in [0, 0.05) is 29.9 Å². The maximum absolute atomic E-state index is 5.86. The van der Waals surface area contributed by atoms with Crippen LogP contribution in [-0.4, -0.2) is 4.98 Å². The van der Waals surface area contributed by atoms with Gasteiger partial charge in [0.25, 0.3) is 0 Å². The molecule has 0 unspecified atom stereocenters. The van der Waals surface area contributed by atoms with E-state index in [0.717, 1.165) is 16.5 Å². The molecule has 0 bridgehead atoms. The Morgan fingerprint density at radius 3 is 2.68 bits per heavy atom. The standard InChI is InChI=1S/C17H16N2/c1-12-6-7-13(9-18)16(8-12)17-11-19-10-14-4-2-3-5-15(14)17/h2-8,10-11H,9,18H2,1H3. The van der Waals surface area contributed by atoms with Crippen molar-refractivity contribution >= 4 is 10.8 Å². The zero-order valence-corrected chi connectivity index (χ0v) is 10.9. The SMILES string of the molecule is Cc1ccc(CN)c(-c2cncc3ccccc23)c1. The van der Waals surface area contributed by atoms with E-state index in [1.54, 1.807) is 0 Å². The Kier molecular flexibility index (Phi) is 3.02. The molecule has 0 spiro atoms. The first-order valence-electron chi connectivity index (χ1n) is 6.42. The van der Waals surface area contributed by atoms with E-state index in [2.05, 4.69) is 48.3 Å². The van der Waals surface area contributed by atoms with Gasteiger partial charge in [0.1, 0.15) is 0 Å². The predicted molar refractivity (Wildman–Crippen MR) is 79.8 cm³/mol. The third kappa shape index (κ3) is 2.11. The van der Waals surface area contributed by atoms with E-state index in [1.165, 1.54) is 16.5 Å². The van der Waals surface area contributed by atoms with Crippen LogP contribution in [0.1, 0.15) is 11.1 Å². The number of nitrogens with two attached hydrogens (primary N) is 1. The quantitative estimate of drug-likeness (QED) is 0.751. The number of hydrogen-bond donors (Lipinski definition) is 1. The second-order valence-corrected chi connectivity index (χ2v) is 4.77. The van der Waals surface area contributed by atoms with Crippen LogP contribution in [-0.2, 0) is 6.54 Å². The molecule has 0 aliphatic carbocycles. The van der Waals surface area contributed by atoms with Crippen LogP contribution in [0.3, 0.4) is 0 Å². The van der Waals surface area contributed by atoms with Crippen LogP contribution in [0.2, 0.25) is 0 Å². The fraction of sp³-hybridized carbons (Fsp3) is 0.118. The Balaban J connectivity index is 2.33. The number of rotatable bonds is 2. The summed E-state index contributed by atoms with van der Waals surface area (Å²) >= 11 is 0. The van der Waals surface area contributed by atoms with Gasteiger partial charge in [0.15, 0.2) is 0 Å². The second kappa shape index (κ2) is 4.82. The highest BCUT2D eigenvalue weighted by atomic mass is 14.6. The Morgan fingerprint density at radius 2 is 1.84 bits per heavy atom. The lowest BCUT2D eigenvalue weighted by Crippen LogP contribution is -1.99. The summed E-state index contributed by atoms with van der Waals surface area (Å²) in [6.45, 7) is 2.64. The fourth-order valence-electron chi connectivity index (χ4n) is 2.45. The molecule has 2 heteroatoms. The van der Waals surface area contributed by atoms with Gasteiger partial charge in [0.2, 0.25) is 0 Å². The number of aryl methyl sites for hydroxylation is 1. The average Bonchev–Trinajstić information content (AvgIpc) is 2.46. The van der Waals surface area contributed by atoms with Crippen LogP contribution >= 0.6 is 0 Å². The zero-order valence-electron chi connectivity index (χ0n) is 10.9. The molecule has 2 nitrogen and oxygen atoms in total. The Bertz CT molecular complexity index is 727. The first-order valence-corrected chi connectivity index (χ1v) is 6.42. The number of benzene rings is 2. The van der Waals surface area contributed by atoms with Crippen molar-refractivity contribution in [3.63, 3.8) is 0 Å². The van der Waals surface area contributed by atoms with Crippen molar-refractivity contribution in [3.8, 4) is 11.1 Å². The van der Waals surface area contributed by atoms with Crippen molar-refractivity contribution in [1.29, 1.82) is 0 Å². The normalized spacial score (nSPS) is 10.8. The Labute approximate surface area is 112 Å². The van der Waals surface area contributed by atoms with E-state index in [9.17, 15) is 0 Å². The molecule has 94 valence electrons. The third-order valence-corrected chi connectivity index (χ3v) is 3.44. The van der Waals surface area contributed by atoms with Crippen molar-refractivity contribution in [2.24, 2.45) is 5.73 Å². The minimum absolute atomic E-state index is 0.541. The second-order valence-electron chi connectivity index (χ2n) is 4.77. The smallest absolute Gasteiger partial charge is 0.0352 e. The summed E-state index contributed by atoms with van der Waals surface area (Å²) in [6, 6.07) is 14.7. The molecule has 2 aromatic carbocycles. The lowest BCUT2D eigenvalue weighted by atomic mass is 9.95. The minimum Gasteiger partial charge on any atom is -0.326 e. The highest BCUT2D eigenvalue weighted by Crippen LogP contribution is 2.30. The van der Waals surface area contributed by atoms with Crippen LogP contribution in [0.4, 0.5) is 0 Å². The summed E-state index contributed by atoms with van der Waals surface area (Å²) in [5.41, 5.74) is 10.6. The first-order chi connectivity index (χ1) is 9.29. The highest BCUT2D eigenvalue weighted by molar-refractivity contribution is 5.96. The highest BCUT2D eigenvalue weighted by Gasteiger charge is 2.08. The molecule has 3 rings (SSSR count). The number of fused-ring (bicyclic) bond motifs is 1. The van der Waals surface area contributed by atoms with Gasteiger partial charge in [-0.1, -0.05) is 48.0 Å². The number of hydrogen-bond acceptors (Lipinski definition) is 2. The molecule has 0 aliphatic heterocycles. The topological polar surface area (TPSA) is 38.9 Å². The Morgan fingerprint density at radius 1 is 1.00 bits per heavy atom. The molecule has 1 heterocycles. The average molecular weight is 248 g/mol. The molecule has 2 N–H and O–H groups in total.